The van der Waals surface area contributed by atoms with Gasteiger partial charge in [0, 0.05) is 28.6 Å². The second kappa shape index (κ2) is 14.6. The van der Waals surface area contributed by atoms with Crippen LogP contribution < -0.4 is 18.9 Å². The molecule has 6 nitrogen and oxygen atoms in total. The Kier molecular flexibility index (Phi) is 9.08. The van der Waals surface area contributed by atoms with Crippen LogP contribution in [0.2, 0.25) is 0 Å². The Hall–Kier alpha value is -6.66. The standard InChI is InChI=1S/C49H40N2O4/c1-49(2)37-13-21-41(22-14-37)54-27-25-52-39-17-9-33(10-18-39)43-7-3-5-35-29-47(50-31-45(35)43)48-30-36-6-4-8-44(46(36)32-51-48)34-11-19-40(20-12-34)53-26-28-55-42-23-15-38(49)16-24-42/h3-24,29-32H,25-28H2,1-2H3. The number of aromatic nitrogens is 2. The summed E-state index contributed by atoms with van der Waals surface area (Å²) in [5, 5.41) is 4.37. The molecule has 0 aliphatic carbocycles. The first kappa shape index (κ1) is 34.1. The van der Waals surface area contributed by atoms with Crippen molar-refractivity contribution in [2.45, 2.75) is 19.3 Å². The van der Waals surface area contributed by atoms with Crippen LogP contribution in [0.1, 0.15) is 25.0 Å². The first-order valence-corrected chi connectivity index (χ1v) is 18.7. The van der Waals surface area contributed by atoms with E-state index in [2.05, 4.69) is 111 Å². The minimum Gasteiger partial charge on any atom is -0.490 e. The van der Waals surface area contributed by atoms with E-state index in [0.717, 1.165) is 78.2 Å². The van der Waals surface area contributed by atoms with Gasteiger partial charge in [-0.3, -0.25) is 9.97 Å². The summed E-state index contributed by atoms with van der Waals surface area (Å²) in [7, 11) is 0. The zero-order valence-corrected chi connectivity index (χ0v) is 30.9. The number of ether oxygens (including phenoxy) is 4. The molecule has 270 valence electrons. The van der Waals surface area contributed by atoms with Crippen LogP contribution >= 0.6 is 0 Å². The van der Waals surface area contributed by atoms with Crippen LogP contribution in [-0.2, 0) is 5.41 Å². The van der Waals surface area contributed by atoms with Crippen molar-refractivity contribution in [2.24, 2.45) is 0 Å². The average Bonchev–Trinajstić information content (AvgIpc) is 3.23. The molecule has 0 radical (unpaired) electrons. The van der Waals surface area contributed by atoms with Gasteiger partial charge in [0.25, 0.3) is 0 Å². The van der Waals surface area contributed by atoms with Gasteiger partial charge in [0.2, 0.25) is 0 Å². The number of pyridine rings is 2. The Morgan fingerprint density at radius 1 is 0.418 bits per heavy atom. The normalized spacial score (nSPS) is 14.1. The second-order valence-corrected chi connectivity index (χ2v) is 14.3. The SMILES string of the molecule is CC1(C)c2ccc(cc2)OCCOc2ccc(cc2)-c2cccc3cc(ncc23)-c2cc3cccc(c3cn2)-c2ccc(cc2)OCCOc2ccc1cc2. The minimum absolute atomic E-state index is 0.200. The fourth-order valence-corrected chi connectivity index (χ4v) is 7.33. The lowest BCUT2D eigenvalue weighted by atomic mass is 9.78. The van der Waals surface area contributed by atoms with Crippen molar-refractivity contribution in [1.82, 2.24) is 9.97 Å². The fraction of sp³-hybridized carbons (Fsp3) is 0.143. The molecule has 23 rings (SSSR count). The fourth-order valence-electron chi connectivity index (χ4n) is 7.33. The molecule has 6 aromatic carbocycles. The van der Waals surface area contributed by atoms with Crippen molar-refractivity contribution in [1.29, 1.82) is 0 Å². The maximum absolute atomic E-state index is 6.05. The van der Waals surface area contributed by atoms with Crippen molar-refractivity contribution in [3.05, 3.63) is 169 Å². The van der Waals surface area contributed by atoms with Crippen LogP contribution in [0.15, 0.2) is 158 Å². The lowest BCUT2D eigenvalue weighted by Gasteiger charge is -2.26. The lowest BCUT2D eigenvalue weighted by Crippen LogP contribution is -2.19. The summed E-state index contributed by atoms with van der Waals surface area (Å²) in [5.74, 6) is 3.22. The van der Waals surface area contributed by atoms with Crippen molar-refractivity contribution >= 4 is 21.5 Å². The number of benzene rings is 6. The van der Waals surface area contributed by atoms with E-state index in [0.29, 0.717) is 26.4 Å². The van der Waals surface area contributed by atoms with Crippen molar-refractivity contribution in [2.75, 3.05) is 26.4 Å². The van der Waals surface area contributed by atoms with Gasteiger partial charge in [-0.05, 0) is 105 Å². The molecule has 6 heteroatoms. The summed E-state index contributed by atoms with van der Waals surface area (Å²) in [6.45, 7) is 6.21. The molecule has 0 N–H and O–H groups in total. The molecule has 15 aliphatic heterocycles. The molecular formula is C49H40N2O4. The van der Waals surface area contributed by atoms with Gasteiger partial charge >= 0.3 is 0 Å². The average molecular weight is 721 g/mol. The zero-order chi connectivity index (χ0) is 37.2. The quantitative estimate of drug-likeness (QED) is 0.155. The maximum atomic E-state index is 6.05. The van der Waals surface area contributed by atoms with E-state index in [-0.39, 0.29) is 5.41 Å². The third-order valence-corrected chi connectivity index (χ3v) is 10.5. The zero-order valence-electron chi connectivity index (χ0n) is 30.9. The molecule has 8 aromatic rings. The van der Waals surface area contributed by atoms with Crippen molar-refractivity contribution < 1.29 is 18.9 Å². The summed E-state index contributed by atoms with van der Waals surface area (Å²) >= 11 is 0. The van der Waals surface area contributed by atoms with Gasteiger partial charge in [-0.25, -0.2) is 0 Å². The highest BCUT2D eigenvalue weighted by Crippen LogP contribution is 2.36. The van der Waals surface area contributed by atoms with E-state index >= 15 is 0 Å². The molecule has 0 unspecified atom stereocenters. The molecule has 2 aromatic heterocycles. The van der Waals surface area contributed by atoms with Gasteiger partial charge < -0.3 is 18.9 Å². The van der Waals surface area contributed by atoms with Crippen LogP contribution in [0.4, 0.5) is 0 Å². The topological polar surface area (TPSA) is 62.7 Å². The largest absolute Gasteiger partial charge is 0.490 e. The Bertz CT molecular complexity index is 2420. The highest BCUT2D eigenvalue weighted by Gasteiger charge is 2.23. The van der Waals surface area contributed by atoms with E-state index in [1.165, 1.54) is 11.1 Å². The molecule has 17 heterocycles. The lowest BCUT2D eigenvalue weighted by molar-refractivity contribution is 0.217. The van der Waals surface area contributed by atoms with E-state index in [4.69, 9.17) is 28.9 Å². The van der Waals surface area contributed by atoms with Crippen LogP contribution in [0.3, 0.4) is 0 Å². The number of hydrogen-bond donors (Lipinski definition) is 0. The van der Waals surface area contributed by atoms with Crippen LogP contribution in [-0.4, -0.2) is 36.4 Å². The molecular weight excluding hydrogens is 681 g/mol. The predicted octanol–water partition coefficient (Wildman–Crippen LogP) is 11.3. The molecule has 0 amide bonds. The van der Waals surface area contributed by atoms with E-state index in [1.807, 2.05) is 60.9 Å². The molecule has 0 saturated carbocycles. The highest BCUT2D eigenvalue weighted by atomic mass is 16.5. The molecule has 0 atom stereocenters. The summed E-state index contributed by atoms with van der Waals surface area (Å²) in [5.41, 5.74) is 8.29. The van der Waals surface area contributed by atoms with Crippen molar-refractivity contribution in [3.63, 3.8) is 0 Å². The Balaban J connectivity index is 1.01. The molecule has 15 aliphatic rings. The number of hydrogen-bond acceptors (Lipinski definition) is 6. The number of nitrogens with zero attached hydrogens (tertiary/aromatic N) is 2. The summed E-state index contributed by atoms with van der Waals surface area (Å²) < 4.78 is 24.2. The first-order chi connectivity index (χ1) is 27.0. The third kappa shape index (κ3) is 7.07. The molecule has 16 bridgehead atoms. The predicted molar refractivity (Wildman–Crippen MR) is 220 cm³/mol. The van der Waals surface area contributed by atoms with Crippen molar-refractivity contribution in [3.8, 4) is 56.6 Å². The van der Waals surface area contributed by atoms with Gasteiger partial charge in [-0.1, -0.05) is 98.8 Å². The van der Waals surface area contributed by atoms with Crippen LogP contribution in [0.5, 0.6) is 23.0 Å². The Morgan fingerprint density at radius 3 is 1.13 bits per heavy atom. The molecule has 0 spiro atoms. The summed E-state index contributed by atoms with van der Waals surface area (Å²) in [6.07, 6.45) is 3.91. The summed E-state index contributed by atoms with van der Waals surface area (Å²) in [6, 6.07) is 50.0. The second-order valence-electron chi connectivity index (χ2n) is 14.3. The van der Waals surface area contributed by atoms with Gasteiger partial charge in [-0.2, -0.15) is 0 Å². The van der Waals surface area contributed by atoms with Crippen LogP contribution in [0.25, 0.3) is 55.2 Å². The Morgan fingerprint density at radius 2 is 0.764 bits per heavy atom. The molecule has 0 fully saturated rings. The van der Waals surface area contributed by atoms with E-state index in [1.54, 1.807) is 0 Å². The van der Waals surface area contributed by atoms with Gasteiger partial charge in [-0.15, -0.1) is 0 Å². The van der Waals surface area contributed by atoms with E-state index < -0.39 is 0 Å². The van der Waals surface area contributed by atoms with Gasteiger partial charge in [0.15, 0.2) is 0 Å². The first-order valence-electron chi connectivity index (χ1n) is 18.7. The summed E-state index contributed by atoms with van der Waals surface area (Å²) in [4.78, 5) is 9.78. The monoisotopic (exact) mass is 720 g/mol. The maximum Gasteiger partial charge on any atom is 0.122 e. The minimum atomic E-state index is -0.200. The van der Waals surface area contributed by atoms with Gasteiger partial charge in [0.05, 0.1) is 11.4 Å². The van der Waals surface area contributed by atoms with Crippen LogP contribution in [0, 0.1) is 0 Å². The Labute approximate surface area is 321 Å². The van der Waals surface area contributed by atoms with E-state index in [9.17, 15) is 0 Å². The van der Waals surface area contributed by atoms with Gasteiger partial charge in [0.1, 0.15) is 49.4 Å². The molecule has 55 heavy (non-hydrogen) atoms. The third-order valence-electron chi connectivity index (χ3n) is 10.5. The molecule has 0 saturated heterocycles. The number of fused-ring (bicyclic) bond motifs is 1. The highest BCUT2D eigenvalue weighted by molar-refractivity contribution is 5.99. The number of rotatable bonds is 0. The smallest absolute Gasteiger partial charge is 0.122 e.